The van der Waals surface area contributed by atoms with E-state index in [9.17, 15) is 14.9 Å². The van der Waals surface area contributed by atoms with E-state index in [0.29, 0.717) is 25.4 Å². The SMILES string of the molecule is Cl.NC(=O)COc1ccc2ccccc2c1CNCCNc1ccc([N+](=O)[O-])cc1. The topological polar surface area (TPSA) is 120 Å². The van der Waals surface area contributed by atoms with Crippen LogP contribution >= 0.6 is 12.4 Å². The average Bonchev–Trinajstić information content (AvgIpc) is 2.72. The largest absolute Gasteiger partial charge is 0.483 e. The number of nitro benzene ring substituents is 1. The van der Waals surface area contributed by atoms with Crippen LogP contribution in [0, 0.1) is 10.1 Å². The Morgan fingerprint density at radius 2 is 1.77 bits per heavy atom. The number of non-ortho nitro benzene ring substituents is 1. The van der Waals surface area contributed by atoms with Gasteiger partial charge in [0.15, 0.2) is 6.61 Å². The van der Waals surface area contributed by atoms with Gasteiger partial charge in [-0.2, -0.15) is 0 Å². The number of ether oxygens (including phenoxy) is 1. The fourth-order valence-electron chi connectivity index (χ4n) is 2.99. The van der Waals surface area contributed by atoms with Crippen LogP contribution in [0.15, 0.2) is 60.7 Å². The summed E-state index contributed by atoms with van der Waals surface area (Å²) < 4.78 is 5.58. The number of carbonyl (C=O) groups is 1. The summed E-state index contributed by atoms with van der Waals surface area (Å²) >= 11 is 0. The molecule has 1 amide bonds. The van der Waals surface area contributed by atoms with Gasteiger partial charge < -0.3 is 21.1 Å². The van der Waals surface area contributed by atoms with Crippen molar-refractivity contribution in [2.45, 2.75) is 6.54 Å². The Labute approximate surface area is 180 Å². The number of rotatable bonds is 10. The number of nitro groups is 1. The van der Waals surface area contributed by atoms with Crippen LogP contribution in [-0.2, 0) is 11.3 Å². The van der Waals surface area contributed by atoms with Crippen molar-refractivity contribution in [1.29, 1.82) is 0 Å². The number of fused-ring (bicyclic) bond motifs is 1. The summed E-state index contributed by atoms with van der Waals surface area (Å²) in [5, 5.41) is 19.4. The minimum atomic E-state index is -0.524. The molecule has 3 aromatic carbocycles. The predicted octanol–water partition coefficient (Wildman–Crippen LogP) is 3.24. The minimum absolute atomic E-state index is 0. The molecule has 30 heavy (non-hydrogen) atoms. The molecule has 0 radical (unpaired) electrons. The molecule has 0 heterocycles. The summed E-state index contributed by atoms with van der Waals surface area (Å²) in [6.07, 6.45) is 0. The predicted molar refractivity (Wildman–Crippen MR) is 119 cm³/mol. The smallest absolute Gasteiger partial charge is 0.269 e. The number of hydrogen-bond donors (Lipinski definition) is 3. The van der Waals surface area contributed by atoms with Gasteiger partial charge in [-0.3, -0.25) is 14.9 Å². The van der Waals surface area contributed by atoms with Gasteiger partial charge in [0.05, 0.1) is 4.92 Å². The third-order valence-electron chi connectivity index (χ3n) is 4.38. The van der Waals surface area contributed by atoms with Crippen LogP contribution in [0.5, 0.6) is 5.75 Å². The second-order valence-electron chi connectivity index (χ2n) is 6.43. The van der Waals surface area contributed by atoms with Crippen LogP contribution in [-0.4, -0.2) is 30.5 Å². The van der Waals surface area contributed by atoms with Crippen molar-refractivity contribution in [3.63, 3.8) is 0 Å². The lowest BCUT2D eigenvalue weighted by Gasteiger charge is -2.15. The van der Waals surface area contributed by atoms with E-state index in [-0.39, 0.29) is 24.7 Å². The number of halogens is 1. The fourth-order valence-corrected chi connectivity index (χ4v) is 2.99. The molecule has 0 saturated heterocycles. The van der Waals surface area contributed by atoms with E-state index in [0.717, 1.165) is 22.0 Å². The zero-order valence-electron chi connectivity index (χ0n) is 16.2. The molecule has 9 heteroatoms. The third-order valence-corrected chi connectivity index (χ3v) is 4.38. The highest BCUT2D eigenvalue weighted by atomic mass is 35.5. The van der Waals surface area contributed by atoms with Crippen LogP contribution in [0.4, 0.5) is 11.4 Å². The maximum atomic E-state index is 11.1. The van der Waals surface area contributed by atoms with Crippen LogP contribution in [0.25, 0.3) is 10.8 Å². The number of nitrogens with two attached hydrogens (primary N) is 1. The van der Waals surface area contributed by atoms with Gasteiger partial charge in [-0.25, -0.2) is 0 Å². The van der Waals surface area contributed by atoms with E-state index in [4.69, 9.17) is 10.5 Å². The van der Waals surface area contributed by atoms with Gasteiger partial charge in [0.25, 0.3) is 11.6 Å². The van der Waals surface area contributed by atoms with Gasteiger partial charge in [0.1, 0.15) is 5.75 Å². The molecule has 0 bridgehead atoms. The zero-order chi connectivity index (χ0) is 20.6. The van der Waals surface area contributed by atoms with Crippen LogP contribution in [0.2, 0.25) is 0 Å². The molecule has 3 rings (SSSR count). The summed E-state index contributed by atoms with van der Waals surface area (Å²) in [5.74, 6) is 0.0997. The van der Waals surface area contributed by atoms with Gasteiger partial charge in [-0.05, 0) is 29.0 Å². The second-order valence-corrected chi connectivity index (χ2v) is 6.43. The molecule has 4 N–H and O–H groups in total. The van der Waals surface area contributed by atoms with E-state index in [1.165, 1.54) is 12.1 Å². The monoisotopic (exact) mass is 430 g/mol. The van der Waals surface area contributed by atoms with Gasteiger partial charge in [0, 0.05) is 43.0 Å². The number of nitrogens with zero attached hydrogens (tertiary/aromatic N) is 1. The van der Waals surface area contributed by atoms with Gasteiger partial charge >= 0.3 is 0 Å². The number of nitrogens with one attached hydrogen (secondary N) is 2. The number of benzene rings is 3. The zero-order valence-corrected chi connectivity index (χ0v) is 17.0. The molecule has 0 fully saturated rings. The van der Waals surface area contributed by atoms with Gasteiger partial charge in [0.2, 0.25) is 0 Å². The first-order chi connectivity index (χ1) is 14.0. The molecule has 0 spiro atoms. The van der Waals surface area contributed by atoms with Crippen molar-refractivity contribution in [2.75, 3.05) is 25.0 Å². The fraction of sp³-hybridized carbons (Fsp3) is 0.190. The number of primary amides is 1. The molecular formula is C21H23ClN4O4. The molecule has 0 saturated carbocycles. The van der Waals surface area contributed by atoms with Gasteiger partial charge in [-0.1, -0.05) is 30.3 Å². The quantitative estimate of drug-likeness (QED) is 0.258. The first kappa shape index (κ1) is 22.9. The van der Waals surface area contributed by atoms with Crippen molar-refractivity contribution < 1.29 is 14.5 Å². The van der Waals surface area contributed by atoms with Crippen LogP contribution < -0.4 is 21.1 Å². The molecular weight excluding hydrogens is 408 g/mol. The summed E-state index contributed by atoms with van der Waals surface area (Å²) in [5.41, 5.74) is 7.03. The lowest BCUT2D eigenvalue weighted by molar-refractivity contribution is -0.384. The maximum absolute atomic E-state index is 11.1. The number of anilines is 1. The Balaban J connectivity index is 0.00000320. The van der Waals surface area contributed by atoms with E-state index in [1.54, 1.807) is 12.1 Å². The van der Waals surface area contributed by atoms with Crippen molar-refractivity contribution in [3.8, 4) is 5.75 Å². The Morgan fingerprint density at radius 3 is 2.47 bits per heavy atom. The molecule has 3 aromatic rings. The Kier molecular flexibility index (Phi) is 8.40. The van der Waals surface area contributed by atoms with E-state index in [2.05, 4.69) is 10.6 Å². The Morgan fingerprint density at radius 1 is 1.03 bits per heavy atom. The van der Waals surface area contributed by atoms with Crippen molar-refractivity contribution in [2.24, 2.45) is 5.73 Å². The Hall–Kier alpha value is -3.36. The molecule has 0 unspecified atom stereocenters. The standard InChI is InChI=1S/C21H22N4O4.ClH/c22-21(26)14-29-20-10-5-15-3-1-2-4-18(15)19(20)13-23-11-12-24-16-6-8-17(9-7-16)25(27)28;/h1-10,23-24H,11-14H2,(H2,22,26);1H. The van der Waals surface area contributed by atoms with Crippen LogP contribution in [0.3, 0.4) is 0 Å². The highest BCUT2D eigenvalue weighted by molar-refractivity contribution is 5.88. The van der Waals surface area contributed by atoms with E-state index >= 15 is 0 Å². The maximum Gasteiger partial charge on any atom is 0.269 e. The normalized spacial score (nSPS) is 10.3. The lowest BCUT2D eigenvalue weighted by Crippen LogP contribution is -2.23. The third kappa shape index (κ3) is 6.07. The highest BCUT2D eigenvalue weighted by Gasteiger charge is 2.10. The number of amides is 1. The highest BCUT2D eigenvalue weighted by Crippen LogP contribution is 2.28. The molecule has 158 valence electrons. The second kappa shape index (κ2) is 11.0. The molecule has 8 nitrogen and oxygen atoms in total. The molecule has 0 atom stereocenters. The summed E-state index contributed by atoms with van der Waals surface area (Å²) in [6.45, 7) is 1.68. The molecule has 0 aliphatic heterocycles. The van der Waals surface area contributed by atoms with Crippen molar-refractivity contribution in [3.05, 3.63) is 76.3 Å². The lowest BCUT2D eigenvalue weighted by atomic mass is 10.0. The molecule has 0 aromatic heterocycles. The van der Waals surface area contributed by atoms with E-state index < -0.39 is 10.8 Å². The molecule has 0 aliphatic rings. The summed E-state index contributed by atoms with van der Waals surface area (Å²) in [6, 6.07) is 18.0. The minimum Gasteiger partial charge on any atom is -0.483 e. The Bertz CT molecular complexity index is 1010. The summed E-state index contributed by atoms with van der Waals surface area (Å²) in [7, 11) is 0. The number of carbonyl (C=O) groups excluding carboxylic acids is 1. The van der Waals surface area contributed by atoms with Crippen molar-refractivity contribution in [1.82, 2.24) is 5.32 Å². The van der Waals surface area contributed by atoms with Gasteiger partial charge in [-0.15, -0.1) is 12.4 Å². The average molecular weight is 431 g/mol. The van der Waals surface area contributed by atoms with Crippen LogP contribution in [0.1, 0.15) is 5.56 Å². The first-order valence-corrected chi connectivity index (χ1v) is 9.15. The summed E-state index contributed by atoms with van der Waals surface area (Å²) in [4.78, 5) is 21.3. The molecule has 0 aliphatic carbocycles. The van der Waals surface area contributed by atoms with Crippen molar-refractivity contribution >= 4 is 40.5 Å². The van der Waals surface area contributed by atoms with E-state index in [1.807, 2.05) is 36.4 Å². The first-order valence-electron chi connectivity index (χ1n) is 9.15. The number of hydrogen-bond acceptors (Lipinski definition) is 6.